The quantitative estimate of drug-likeness (QED) is 0.357. The minimum atomic E-state index is -4.05. The predicted octanol–water partition coefficient (Wildman–Crippen LogP) is 5.51. The van der Waals surface area contributed by atoms with Crippen molar-refractivity contribution in [2.75, 3.05) is 24.0 Å². The van der Waals surface area contributed by atoms with Gasteiger partial charge in [0.2, 0.25) is 5.91 Å². The molecule has 0 aromatic heterocycles. The summed E-state index contributed by atoms with van der Waals surface area (Å²) in [6, 6.07) is 19.8. The molecular formula is C25H26Cl2N2O4S. The van der Waals surface area contributed by atoms with Gasteiger partial charge in [0.15, 0.2) is 0 Å². The number of amides is 1. The number of carbonyl (C=O) groups is 1. The highest BCUT2D eigenvalue weighted by Gasteiger charge is 2.27. The first-order valence-electron chi connectivity index (χ1n) is 10.7. The van der Waals surface area contributed by atoms with Crippen LogP contribution in [0, 0.1) is 0 Å². The highest BCUT2D eigenvalue weighted by Crippen LogP contribution is 2.27. The van der Waals surface area contributed by atoms with Gasteiger partial charge in [0.25, 0.3) is 10.0 Å². The van der Waals surface area contributed by atoms with Crippen molar-refractivity contribution in [1.82, 2.24) is 5.32 Å². The van der Waals surface area contributed by atoms with Gasteiger partial charge in [0.1, 0.15) is 18.9 Å². The predicted molar refractivity (Wildman–Crippen MR) is 136 cm³/mol. The Labute approximate surface area is 210 Å². The lowest BCUT2D eigenvalue weighted by Crippen LogP contribution is -2.42. The summed E-state index contributed by atoms with van der Waals surface area (Å²) in [5.74, 6) is 0.589. The Kier molecular flexibility index (Phi) is 8.83. The summed E-state index contributed by atoms with van der Waals surface area (Å²) in [6.07, 6.45) is 0. The second-order valence-electron chi connectivity index (χ2n) is 7.84. The van der Waals surface area contributed by atoms with Crippen LogP contribution in [0.5, 0.6) is 5.75 Å². The van der Waals surface area contributed by atoms with E-state index in [-0.39, 0.29) is 23.7 Å². The summed E-state index contributed by atoms with van der Waals surface area (Å²) in [6.45, 7) is 4.20. The van der Waals surface area contributed by atoms with Gasteiger partial charge < -0.3 is 10.1 Å². The third-order valence-corrected chi connectivity index (χ3v) is 7.28. The Balaban J connectivity index is 1.70. The SMILES string of the molecule is CC(C)c1ccccc1OCCNC(=O)CN(c1cccc(Cl)c1)S(=O)(=O)c1ccc(Cl)cc1. The van der Waals surface area contributed by atoms with Gasteiger partial charge in [0.05, 0.1) is 17.1 Å². The van der Waals surface area contributed by atoms with E-state index >= 15 is 0 Å². The zero-order chi connectivity index (χ0) is 24.7. The molecule has 0 aliphatic heterocycles. The number of hydrogen-bond acceptors (Lipinski definition) is 4. The minimum absolute atomic E-state index is 0.0123. The van der Waals surface area contributed by atoms with Crippen LogP contribution >= 0.6 is 23.2 Å². The lowest BCUT2D eigenvalue weighted by atomic mass is 10.0. The highest BCUT2D eigenvalue weighted by atomic mass is 35.5. The van der Waals surface area contributed by atoms with Gasteiger partial charge in [-0.25, -0.2) is 8.42 Å². The zero-order valence-corrected chi connectivity index (χ0v) is 21.2. The zero-order valence-electron chi connectivity index (χ0n) is 18.9. The first kappa shape index (κ1) is 25.9. The van der Waals surface area contributed by atoms with Crippen molar-refractivity contribution in [2.24, 2.45) is 0 Å². The summed E-state index contributed by atoms with van der Waals surface area (Å²) in [5, 5.41) is 3.49. The van der Waals surface area contributed by atoms with Gasteiger partial charge >= 0.3 is 0 Å². The van der Waals surface area contributed by atoms with E-state index in [0.29, 0.717) is 16.0 Å². The third-order valence-electron chi connectivity index (χ3n) is 5.01. The summed E-state index contributed by atoms with van der Waals surface area (Å²) >= 11 is 12.0. The number of carbonyl (C=O) groups excluding carboxylic acids is 1. The maximum absolute atomic E-state index is 13.3. The molecule has 0 bridgehead atoms. The Morgan fingerprint density at radius 2 is 1.68 bits per heavy atom. The smallest absolute Gasteiger partial charge is 0.264 e. The molecule has 0 spiro atoms. The van der Waals surface area contributed by atoms with Crippen molar-refractivity contribution in [1.29, 1.82) is 0 Å². The van der Waals surface area contributed by atoms with E-state index < -0.39 is 22.5 Å². The number of sulfonamides is 1. The van der Waals surface area contributed by atoms with Crippen LogP contribution in [0.3, 0.4) is 0 Å². The fourth-order valence-corrected chi connectivity index (χ4v) is 5.03. The van der Waals surface area contributed by atoms with Gasteiger partial charge in [-0.15, -0.1) is 0 Å². The number of halogens is 2. The van der Waals surface area contributed by atoms with Crippen LogP contribution in [-0.4, -0.2) is 34.0 Å². The lowest BCUT2D eigenvalue weighted by molar-refractivity contribution is -0.119. The number of rotatable bonds is 10. The Morgan fingerprint density at radius 1 is 0.971 bits per heavy atom. The molecule has 3 aromatic rings. The average Bonchev–Trinajstić information content (AvgIpc) is 2.80. The first-order valence-corrected chi connectivity index (χ1v) is 12.9. The van der Waals surface area contributed by atoms with E-state index in [2.05, 4.69) is 19.2 Å². The van der Waals surface area contributed by atoms with Crippen LogP contribution in [0.25, 0.3) is 0 Å². The summed E-state index contributed by atoms with van der Waals surface area (Å²) < 4.78 is 33.5. The number of hydrogen-bond donors (Lipinski definition) is 1. The van der Waals surface area contributed by atoms with E-state index in [9.17, 15) is 13.2 Å². The molecule has 6 nitrogen and oxygen atoms in total. The maximum Gasteiger partial charge on any atom is 0.264 e. The summed E-state index contributed by atoms with van der Waals surface area (Å²) in [4.78, 5) is 12.7. The second-order valence-corrected chi connectivity index (χ2v) is 10.6. The number of nitrogens with one attached hydrogen (secondary N) is 1. The molecular weight excluding hydrogens is 495 g/mol. The maximum atomic E-state index is 13.3. The molecule has 0 unspecified atom stereocenters. The molecule has 9 heteroatoms. The molecule has 34 heavy (non-hydrogen) atoms. The number of benzene rings is 3. The van der Waals surface area contributed by atoms with E-state index in [0.717, 1.165) is 15.6 Å². The van der Waals surface area contributed by atoms with Gasteiger partial charge in [-0.05, 0) is 60.0 Å². The number of anilines is 1. The van der Waals surface area contributed by atoms with Crippen LogP contribution < -0.4 is 14.4 Å². The normalized spacial score (nSPS) is 11.3. The molecule has 0 heterocycles. The van der Waals surface area contributed by atoms with Crippen molar-refractivity contribution in [3.63, 3.8) is 0 Å². The number of nitrogens with zero attached hydrogens (tertiary/aromatic N) is 1. The van der Waals surface area contributed by atoms with Gasteiger partial charge in [-0.3, -0.25) is 9.10 Å². The van der Waals surface area contributed by atoms with E-state index in [4.69, 9.17) is 27.9 Å². The topological polar surface area (TPSA) is 75.7 Å². The lowest BCUT2D eigenvalue weighted by Gasteiger charge is -2.24. The Morgan fingerprint density at radius 3 is 2.35 bits per heavy atom. The van der Waals surface area contributed by atoms with E-state index in [1.54, 1.807) is 18.2 Å². The van der Waals surface area contributed by atoms with Gasteiger partial charge in [0, 0.05) is 10.0 Å². The minimum Gasteiger partial charge on any atom is -0.491 e. The average molecular weight is 521 g/mol. The molecule has 0 aliphatic carbocycles. The van der Waals surface area contributed by atoms with Gasteiger partial charge in [-0.1, -0.05) is 61.3 Å². The van der Waals surface area contributed by atoms with Crippen molar-refractivity contribution >= 4 is 44.8 Å². The molecule has 1 amide bonds. The van der Waals surface area contributed by atoms with Crippen LogP contribution in [0.15, 0.2) is 77.7 Å². The molecule has 3 aromatic carbocycles. The van der Waals surface area contributed by atoms with Crippen LogP contribution in [0.4, 0.5) is 5.69 Å². The standard InChI is InChI=1S/C25H26Cl2N2O4S/c1-18(2)23-8-3-4-9-24(23)33-15-14-28-25(30)17-29(21-7-5-6-20(27)16-21)34(31,32)22-12-10-19(26)11-13-22/h3-13,16,18H,14-15,17H2,1-2H3,(H,28,30). The number of para-hydroxylation sites is 1. The Bertz CT molecular complexity index is 1230. The van der Waals surface area contributed by atoms with Crippen LogP contribution in [-0.2, 0) is 14.8 Å². The van der Waals surface area contributed by atoms with Crippen molar-refractivity contribution in [2.45, 2.75) is 24.7 Å². The molecule has 0 saturated carbocycles. The molecule has 0 fully saturated rings. The van der Waals surface area contributed by atoms with E-state index in [1.807, 2.05) is 24.3 Å². The third kappa shape index (κ3) is 6.65. The van der Waals surface area contributed by atoms with Crippen molar-refractivity contribution in [3.8, 4) is 5.75 Å². The molecule has 3 rings (SSSR count). The molecule has 0 saturated heterocycles. The second kappa shape index (κ2) is 11.6. The first-order chi connectivity index (χ1) is 16.2. The Hall–Kier alpha value is -2.74. The fraction of sp³-hybridized carbons (Fsp3) is 0.240. The van der Waals surface area contributed by atoms with Gasteiger partial charge in [-0.2, -0.15) is 0 Å². The molecule has 0 aliphatic rings. The summed E-state index contributed by atoms with van der Waals surface area (Å²) in [5.41, 5.74) is 1.36. The highest BCUT2D eigenvalue weighted by molar-refractivity contribution is 7.92. The molecule has 180 valence electrons. The van der Waals surface area contributed by atoms with Crippen molar-refractivity contribution < 1.29 is 17.9 Å². The fourth-order valence-electron chi connectivity index (χ4n) is 3.31. The number of ether oxygens (including phenoxy) is 1. The monoisotopic (exact) mass is 520 g/mol. The molecule has 0 atom stereocenters. The van der Waals surface area contributed by atoms with E-state index in [1.165, 1.54) is 30.3 Å². The molecule has 0 radical (unpaired) electrons. The summed E-state index contributed by atoms with van der Waals surface area (Å²) in [7, 11) is -4.05. The molecule has 1 N–H and O–H groups in total. The van der Waals surface area contributed by atoms with Crippen LogP contribution in [0.1, 0.15) is 25.3 Å². The van der Waals surface area contributed by atoms with Crippen LogP contribution in [0.2, 0.25) is 10.0 Å². The van der Waals surface area contributed by atoms with Crippen molar-refractivity contribution in [3.05, 3.63) is 88.4 Å². The largest absolute Gasteiger partial charge is 0.491 e.